The Balaban J connectivity index is 1.92. The van der Waals surface area contributed by atoms with Crippen LogP contribution in [0, 0.1) is 13.8 Å². The van der Waals surface area contributed by atoms with Crippen molar-refractivity contribution >= 4 is 11.6 Å². The van der Waals surface area contributed by atoms with Crippen molar-refractivity contribution in [1.82, 2.24) is 9.88 Å². The van der Waals surface area contributed by atoms with Crippen LogP contribution in [0.2, 0.25) is 0 Å². The molecule has 0 saturated heterocycles. The van der Waals surface area contributed by atoms with Crippen LogP contribution >= 0.6 is 11.6 Å². The largest absolute Gasteiger partial charge is 0.301 e. The number of benzene rings is 1. The van der Waals surface area contributed by atoms with E-state index < -0.39 is 0 Å². The van der Waals surface area contributed by atoms with Gasteiger partial charge < -0.3 is 4.90 Å². The second-order valence-corrected chi connectivity index (χ2v) is 6.34. The third kappa shape index (κ3) is 4.82. The highest BCUT2D eigenvalue weighted by Gasteiger charge is 2.13. The number of hydrogen-bond donors (Lipinski definition) is 0. The summed E-state index contributed by atoms with van der Waals surface area (Å²) in [5.74, 6) is 0. The van der Waals surface area contributed by atoms with Crippen LogP contribution in [0.15, 0.2) is 42.7 Å². The third-order valence-corrected chi connectivity index (χ3v) is 4.61. The molecule has 1 atom stereocenters. The fourth-order valence-corrected chi connectivity index (χ4v) is 2.84. The van der Waals surface area contributed by atoms with E-state index in [0.717, 1.165) is 26.1 Å². The second-order valence-electron chi connectivity index (χ2n) is 5.81. The molecule has 2 aromatic rings. The highest BCUT2D eigenvalue weighted by molar-refractivity contribution is 6.21. The van der Waals surface area contributed by atoms with Gasteiger partial charge in [-0.1, -0.05) is 25.1 Å². The smallest absolute Gasteiger partial charge is 0.0712 e. The number of halogens is 1. The first kappa shape index (κ1) is 17.0. The van der Waals surface area contributed by atoms with E-state index in [2.05, 4.69) is 61.0 Å². The summed E-state index contributed by atoms with van der Waals surface area (Å²) in [4.78, 5) is 6.47. The predicted octanol–water partition coefficient (Wildman–Crippen LogP) is 4.54. The van der Waals surface area contributed by atoms with Crippen molar-refractivity contribution in [3.05, 3.63) is 65.0 Å². The van der Waals surface area contributed by atoms with Crippen LogP contribution in [0.5, 0.6) is 0 Å². The van der Waals surface area contributed by atoms with E-state index in [1.165, 1.54) is 22.3 Å². The van der Waals surface area contributed by atoms with Crippen molar-refractivity contribution in [2.45, 2.75) is 32.6 Å². The standard InChI is InChI=1S/C19H25ClN2/c1-4-22(12-9-17-7-10-21-11-8-17)14-19(20)18-6-5-15(2)16(3)13-18/h5-8,10-11,13,19H,4,9,12,14H2,1-3H3. The predicted molar refractivity (Wildman–Crippen MR) is 94.6 cm³/mol. The summed E-state index contributed by atoms with van der Waals surface area (Å²) in [6.45, 7) is 9.38. The van der Waals surface area contributed by atoms with E-state index in [1.807, 2.05) is 12.4 Å². The maximum absolute atomic E-state index is 6.63. The molecule has 0 aliphatic rings. The van der Waals surface area contributed by atoms with Crippen LogP contribution in [-0.4, -0.2) is 29.5 Å². The molecule has 2 rings (SSSR count). The summed E-state index contributed by atoms with van der Waals surface area (Å²) >= 11 is 6.63. The molecule has 3 heteroatoms. The van der Waals surface area contributed by atoms with Crippen LogP contribution in [-0.2, 0) is 6.42 Å². The molecule has 22 heavy (non-hydrogen) atoms. The summed E-state index contributed by atoms with van der Waals surface area (Å²) in [6, 6.07) is 10.7. The molecule has 0 amide bonds. The number of aromatic nitrogens is 1. The average molecular weight is 317 g/mol. The van der Waals surface area contributed by atoms with Gasteiger partial charge in [0, 0.05) is 25.5 Å². The van der Waals surface area contributed by atoms with E-state index in [0.29, 0.717) is 0 Å². The average Bonchev–Trinajstić information content (AvgIpc) is 2.54. The number of hydrogen-bond acceptors (Lipinski definition) is 2. The molecule has 2 nitrogen and oxygen atoms in total. The van der Waals surface area contributed by atoms with Gasteiger partial charge in [0.2, 0.25) is 0 Å². The van der Waals surface area contributed by atoms with Gasteiger partial charge in [-0.2, -0.15) is 0 Å². The van der Waals surface area contributed by atoms with Crippen molar-refractivity contribution in [2.24, 2.45) is 0 Å². The highest BCUT2D eigenvalue weighted by atomic mass is 35.5. The fourth-order valence-electron chi connectivity index (χ4n) is 2.51. The monoisotopic (exact) mass is 316 g/mol. The van der Waals surface area contributed by atoms with E-state index in [-0.39, 0.29) is 5.38 Å². The minimum atomic E-state index is 0.0386. The minimum Gasteiger partial charge on any atom is -0.301 e. The van der Waals surface area contributed by atoms with Gasteiger partial charge in [0.05, 0.1) is 5.38 Å². The normalized spacial score (nSPS) is 12.6. The zero-order valence-corrected chi connectivity index (χ0v) is 14.5. The molecule has 1 heterocycles. The van der Waals surface area contributed by atoms with Gasteiger partial charge in [0.25, 0.3) is 0 Å². The molecule has 0 aliphatic carbocycles. The van der Waals surface area contributed by atoms with Gasteiger partial charge in [-0.15, -0.1) is 11.6 Å². The molecule has 0 saturated carbocycles. The third-order valence-electron chi connectivity index (χ3n) is 4.22. The number of aryl methyl sites for hydroxylation is 2. The molecule has 1 aromatic heterocycles. The minimum absolute atomic E-state index is 0.0386. The first-order chi connectivity index (χ1) is 10.6. The Morgan fingerprint density at radius 2 is 1.82 bits per heavy atom. The molecule has 0 N–H and O–H groups in total. The summed E-state index contributed by atoms with van der Waals surface area (Å²) in [5, 5.41) is 0.0386. The molecule has 0 aliphatic heterocycles. The van der Waals surface area contributed by atoms with Gasteiger partial charge in [0.15, 0.2) is 0 Å². The van der Waals surface area contributed by atoms with E-state index in [9.17, 15) is 0 Å². The van der Waals surface area contributed by atoms with Gasteiger partial charge in [0.1, 0.15) is 0 Å². The lowest BCUT2D eigenvalue weighted by Crippen LogP contribution is -2.29. The summed E-state index contributed by atoms with van der Waals surface area (Å²) in [6.07, 6.45) is 4.74. The Bertz CT molecular complexity index is 583. The highest BCUT2D eigenvalue weighted by Crippen LogP contribution is 2.24. The van der Waals surface area contributed by atoms with Crippen molar-refractivity contribution < 1.29 is 0 Å². The second kappa shape index (κ2) is 8.30. The topological polar surface area (TPSA) is 16.1 Å². The Hall–Kier alpha value is -1.38. The maximum atomic E-state index is 6.63. The van der Waals surface area contributed by atoms with Crippen LogP contribution in [0.4, 0.5) is 0 Å². The number of likely N-dealkylation sites (N-methyl/N-ethyl adjacent to an activating group) is 1. The van der Waals surface area contributed by atoms with Crippen LogP contribution in [0.1, 0.15) is 34.6 Å². The number of pyridine rings is 1. The molecule has 0 fully saturated rings. The molecular weight excluding hydrogens is 292 g/mol. The quantitative estimate of drug-likeness (QED) is 0.697. The SMILES string of the molecule is CCN(CCc1ccncc1)CC(Cl)c1ccc(C)c(C)c1. The van der Waals surface area contributed by atoms with Crippen LogP contribution < -0.4 is 0 Å². The van der Waals surface area contributed by atoms with Crippen molar-refractivity contribution in [3.63, 3.8) is 0 Å². The molecular formula is C19H25ClN2. The van der Waals surface area contributed by atoms with Gasteiger partial charge in [-0.25, -0.2) is 0 Å². The molecule has 1 aromatic carbocycles. The zero-order chi connectivity index (χ0) is 15.9. The fraction of sp³-hybridized carbons (Fsp3) is 0.421. The summed E-state index contributed by atoms with van der Waals surface area (Å²) in [5.41, 5.74) is 5.17. The lowest BCUT2D eigenvalue weighted by atomic mass is 10.0. The Morgan fingerprint density at radius 3 is 2.45 bits per heavy atom. The van der Waals surface area contributed by atoms with Crippen molar-refractivity contribution in [1.29, 1.82) is 0 Å². The molecule has 1 unspecified atom stereocenters. The Kier molecular flexibility index (Phi) is 6.41. The molecule has 0 spiro atoms. The number of alkyl halides is 1. The lowest BCUT2D eigenvalue weighted by Gasteiger charge is -2.23. The Labute approximate surface area is 139 Å². The van der Waals surface area contributed by atoms with Crippen LogP contribution in [0.3, 0.4) is 0 Å². The first-order valence-electron chi connectivity index (χ1n) is 7.92. The lowest BCUT2D eigenvalue weighted by molar-refractivity contribution is 0.292. The Morgan fingerprint density at radius 1 is 1.09 bits per heavy atom. The van der Waals surface area contributed by atoms with Crippen LogP contribution in [0.25, 0.3) is 0 Å². The van der Waals surface area contributed by atoms with E-state index in [4.69, 9.17) is 11.6 Å². The van der Waals surface area contributed by atoms with Crippen molar-refractivity contribution in [2.75, 3.05) is 19.6 Å². The first-order valence-corrected chi connectivity index (χ1v) is 8.36. The molecule has 118 valence electrons. The molecule has 0 radical (unpaired) electrons. The number of rotatable bonds is 7. The zero-order valence-electron chi connectivity index (χ0n) is 13.7. The van der Waals surface area contributed by atoms with Crippen molar-refractivity contribution in [3.8, 4) is 0 Å². The number of nitrogens with zero attached hydrogens (tertiary/aromatic N) is 2. The maximum Gasteiger partial charge on any atom is 0.0712 e. The van der Waals surface area contributed by atoms with E-state index >= 15 is 0 Å². The van der Waals surface area contributed by atoms with E-state index in [1.54, 1.807) is 0 Å². The van der Waals surface area contributed by atoms with Gasteiger partial charge in [-0.05, 0) is 61.2 Å². The summed E-state index contributed by atoms with van der Waals surface area (Å²) in [7, 11) is 0. The summed E-state index contributed by atoms with van der Waals surface area (Å²) < 4.78 is 0. The van der Waals surface area contributed by atoms with Gasteiger partial charge in [-0.3, -0.25) is 4.98 Å². The van der Waals surface area contributed by atoms with Gasteiger partial charge >= 0.3 is 0 Å². The molecule has 0 bridgehead atoms.